The van der Waals surface area contributed by atoms with E-state index in [1.165, 1.54) is 37.1 Å². The molecule has 1 aromatic carbocycles. The van der Waals surface area contributed by atoms with Gasteiger partial charge in [-0.3, -0.25) is 0 Å². The van der Waals surface area contributed by atoms with Crippen molar-refractivity contribution in [2.45, 2.75) is 38.8 Å². The standard InChI is InChI=1S/C16H26N2O/c1-14-5-3-4-11-18(14)16-8-6-15(7-9-16)13-17-10-12-19-2/h6-9,14,17H,3-5,10-13H2,1-2H3. The van der Waals surface area contributed by atoms with Crippen molar-refractivity contribution in [1.82, 2.24) is 5.32 Å². The van der Waals surface area contributed by atoms with E-state index in [0.29, 0.717) is 6.04 Å². The SMILES string of the molecule is COCCNCc1ccc(N2CCCCC2C)cc1. The van der Waals surface area contributed by atoms with Gasteiger partial charge in [0.2, 0.25) is 0 Å². The first-order valence-electron chi connectivity index (χ1n) is 7.36. The summed E-state index contributed by atoms with van der Waals surface area (Å²) in [5.41, 5.74) is 2.71. The Balaban J connectivity index is 1.87. The molecule has 1 heterocycles. The minimum atomic E-state index is 0.680. The fraction of sp³-hybridized carbons (Fsp3) is 0.625. The Bertz CT molecular complexity index is 364. The molecule has 3 heteroatoms. The summed E-state index contributed by atoms with van der Waals surface area (Å²) < 4.78 is 5.02. The van der Waals surface area contributed by atoms with Crippen LogP contribution in [-0.2, 0) is 11.3 Å². The third kappa shape index (κ3) is 4.22. The van der Waals surface area contributed by atoms with E-state index in [2.05, 4.69) is 41.4 Å². The molecule has 1 atom stereocenters. The van der Waals surface area contributed by atoms with Crippen molar-refractivity contribution in [2.24, 2.45) is 0 Å². The summed E-state index contributed by atoms with van der Waals surface area (Å²) in [6, 6.07) is 9.66. The first kappa shape index (κ1) is 14.4. The van der Waals surface area contributed by atoms with Crippen LogP contribution in [0.25, 0.3) is 0 Å². The van der Waals surface area contributed by atoms with Crippen LogP contribution < -0.4 is 10.2 Å². The Morgan fingerprint density at radius 3 is 2.74 bits per heavy atom. The maximum atomic E-state index is 5.02. The van der Waals surface area contributed by atoms with Gasteiger partial charge in [-0.1, -0.05) is 12.1 Å². The fourth-order valence-electron chi connectivity index (χ4n) is 2.69. The number of hydrogen-bond acceptors (Lipinski definition) is 3. The molecule has 3 nitrogen and oxygen atoms in total. The van der Waals surface area contributed by atoms with Crippen LogP contribution in [0.5, 0.6) is 0 Å². The van der Waals surface area contributed by atoms with Crippen molar-refractivity contribution in [3.8, 4) is 0 Å². The molecule has 0 spiro atoms. The second-order valence-corrected chi connectivity index (χ2v) is 5.37. The topological polar surface area (TPSA) is 24.5 Å². The quantitative estimate of drug-likeness (QED) is 0.798. The van der Waals surface area contributed by atoms with E-state index < -0.39 is 0 Å². The predicted octanol–water partition coefficient (Wildman–Crippen LogP) is 2.80. The van der Waals surface area contributed by atoms with E-state index in [0.717, 1.165) is 19.7 Å². The number of nitrogens with zero attached hydrogens (tertiary/aromatic N) is 1. The average molecular weight is 262 g/mol. The van der Waals surface area contributed by atoms with Crippen LogP contribution >= 0.6 is 0 Å². The highest BCUT2D eigenvalue weighted by molar-refractivity contribution is 5.48. The van der Waals surface area contributed by atoms with Gasteiger partial charge in [0.1, 0.15) is 0 Å². The zero-order chi connectivity index (χ0) is 13.5. The van der Waals surface area contributed by atoms with Crippen LogP contribution in [0.2, 0.25) is 0 Å². The molecule has 1 aromatic rings. The van der Waals surface area contributed by atoms with Crippen molar-refractivity contribution >= 4 is 5.69 Å². The van der Waals surface area contributed by atoms with Gasteiger partial charge in [-0.05, 0) is 43.9 Å². The molecule has 106 valence electrons. The van der Waals surface area contributed by atoms with Gasteiger partial charge in [-0.25, -0.2) is 0 Å². The smallest absolute Gasteiger partial charge is 0.0587 e. The number of nitrogens with one attached hydrogen (secondary N) is 1. The number of rotatable bonds is 6. The molecule has 0 aliphatic carbocycles. The third-order valence-corrected chi connectivity index (χ3v) is 3.88. The Hall–Kier alpha value is -1.06. The van der Waals surface area contributed by atoms with Crippen LogP contribution in [0.3, 0.4) is 0 Å². The summed E-state index contributed by atoms with van der Waals surface area (Å²) in [6.07, 6.45) is 4.02. The fourth-order valence-corrected chi connectivity index (χ4v) is 2.69. The third-order valence-electron chi connectivity index (χ3n) is 3.88. The minimum Gasteiger partial charge on any atom is -0.383 e. The normalized spacial score (nSPS) is 19.7. The molecule has 0 radical (unpaired) electrons. The van der Waals surface area contributed by atoms with Crippen LogP contribution in [0.15, 0.2) is 24.3 Å². The second-order valence-electron chi connectivity index (χ2n) is 5.37. The highest BCUT2D eigenvalue weighted by atomic mass is 16.5. The van der Waals surface area contributed by atoms with Gasteiger partial charge < -0.3 is 15.0 Å². The van der Waals surface area contributed by atoms with E-state index in [1.807, 2.05) is 0 Å². The molecule has 1 unspecified atom stereocenters. The highest BCUT2D eigenvalue weighted by Crippen LogP contribution is 2.24. The summed E-state index contributed by atoms with van der Waals surface area (Å²) in [5.74, 6) is 0. The molecule has 1 fully saturated rings. The molecule has 0 amide bonds. The number of benzene rings is 1. The number of anilines is 1. The Morgan fingerprint density at radius 2 is 2.05 bits per heavy atom. The predicted molar refractivity (Wildman–Crippen MR) is 80.7 cm³/mol. The van der Waals surface area contributed by atoms with Crippen LogP contribution in [-0.4, -0.2) is 32.8 Å². The molecule has 1 N–H and O–H groups in total. The first-order chi connectivity index (χ1) is 9.31. The van der Waals surface area contributed by atoms with Gasteiger partial charge in [0, 0.05) is 38.5 Å². The Labute approximate surface area is 116 Å². The molecule has 1 saturated heterocycles. The lowest BCUT2D eigenvalue weighted by molar-refractivity contribution is 0.199. The van der Waals surface area contributed by atoms with Gasteiger partial charge >= 0.3 is 0 Å². The Kier molecular flexibility index (Phi) is 5.67. The maximum Gasteiger partial charge on any atom is 0.0587 e. The van der Waals surface area contributed by atoms with E-state index in [4.69, 9.17) is 4.74 Å². The number of methoxy groups -OCH3 is 1. The molecule has 0 saturated carbocycles. The molecule has 1 aliphatic rings. The van der Waals surface area contributed by atoms with Crippen molar-refractivity contribution in [3.05, 3.63) is 29.8 Å². The average Bonchev–Trinajstić information content (AvgIpc) is 2.45. The van der Waals surface area contributed by atoms with Gasteiger partial charge in [0.15, 0.2) is 0 Å². The van der Waals surface area contributed by atoms with Crippen molar-refractivity contribution in [1.29, 1.82) is 0 Å². The lowest BCUT2D eigenvalue weighted by atomic mass is 10.0. The lowest BCUT2D eigenvalue weighted by Gasteiger charge is -2.35. The van der Waals surface area contributed by atoms with E-state index >= 15 is 0 Å². The molecular weight excluding hydrogens is 236 g/mol. The largest absolute Gasteiger partial charge is 0.383 e. The second kappa shape index (κ2) is 7.51. The lowest BCUT2D eigenvalue weighted by Crippen LogP contribution is -2.37. The molecule has 2 rings (SSSR count). The summed E-state index contributed by atoms with van der Waals surface area (Å²) in [7, 11) is 1.73. The van der Waals surface area contributed by atoms with Crippen LogP contribution in [0.1, 0.15) is 31.7 Å². The van der Waals surface area contributed by atoms with Crippen molar-refractivity contribution < 1.29 is 4.74 Å². The molecular formula is C16H26N2O. The number of hydrogen-bond donors (Lipinski definition) is 1. The summed E-state index contributed by atoms with van der Waals surface area (Å²) in [6.45, 7) is 6.12. The summed E-state index contributed by atoms with van der Waals surface area (Å²) in [5, 5.41) is 3.37. The van der Waals surface area contributed by atoms with E-state index in [9.17, 15) is 0 Å². The van der Waals surface area contributed by atoms with Gasteiger partial charge in [-0.15, -0.1) is 0 Å². The van der Waals surface area contributed by atoms with Crippen LogP contribution in [0, 0.1) is 0 Å². The zero-order valence-electron chi connectivity index (χ0n) is 12.2. The van der Waals surface area contributed by atoms with E-state index in [1.54, 1.807) is 7.11 Å². The van der Waals surface area contributed by atoms with Crippen LogP contribution in [0.4, 0.5) is 5.69 Å². The highest BCUT2D eigenvalue weighted by Gasteiger charge is 2.18. The van der Waals surface area contributed by atoms with Gasteiger partial charge in [0.25, 0.3) is 0 Å². The maximum absolute atomic E-state index is 5.02. The number of ether oxygens (including phenoxy) is 1. The molecule has 19 heavy (non-hydrogen) atoms. The van der Waals surface area contributed by atoms with Gasteiger partial charge in [-0.2, -0.15) is 0 Å². The molecule has 1 aliphatic heterocycles. The molecule has 0 aromatic heterocycles. The van der Waals surface area contributed by atoms with E-state index in [-0.39, 0.29) is 0 Å². The first-order valence-corrected chi connectivity index (χ1v) is 7.36. The monoisotopic (exact) mass is 262 g/mol. The molecule has 0 bridgehead atoms. The van der Waals surface area contributed by atoms with Crippen molar-refractivity contribution in [3.63, 3.8) is 0 Å². The minimum absolute atomic E-state index is 0.680. The zero-order valence-corrected chi connectivity index (χ0v) is 12.2. The summed E-state index contributed by atoms with van der Waals surface area (Å²) in [4.78, 5) is 2.53. The number of piperidine rings is 1. The summed E-state index contributed by atoms with van der Waals surface area (Å²) >= 11 is 0. The van der Waals surface area contributed by atoms with Gasteiger partial charge in [0.05, 0.1) is 6.61 Å². The Morgan fingerprint density at radius 1 is 1.26 bits per heavy atom. The van der Waals surface area contributed by atoms with Crippen molar-refractivity contribution in [2.75, 3.05) is 31.7 Å².